The highest BCUT2D eigenvalue weighted by Gasteiger charge is 2.34. The lowest BCUT2D eigenvalue weighted by Crippen LogP contribution is -2.40. The van der Waals surface area contributed by atoms with E-state index in [1.54, 1.807) is 18.2 Å². The Kier molecular flexibility index (Phi) is 17.2. The number of aliphatic carboxylic acids is 3. The zero-order valence-electron chi connectivity index (χ0n) is 34.2. The van der Waals surface area contributed by atoms with Gasteiger partial charge >= 0.3 is 0 Å². The number of carboxylic acids is 3. The van der Waals surface area contributed by atoms with Crippen LogP contribution in [0.4, 0.5) is 34.1 Å². The van der Waals surface area contributed by atoms with Crippen LogP contribution in [0.2, 0.25) is 0 Å². The van der Waals surface area contributed by atoms with Gasteiger partial charge in [0.15, 0.2) is 0 Å². The van der Waals surface area contributed by atoms with Crippen molar-refractivity contribution in [3.05, 3.63) is 219 Å². The second-order valence-corrected chi connectivity index (χ2v) is 14.4. The Morgan fingerprint density at radius 3 is 1.03 bits per heavy atom. The van der Waals surface area contributed by atoms with E-state index in [4.69, 9.17) is 0 Å². The van der Waals surface area contributed by atoms with Crippen molar-refractivity contribution in [3.63, 3.8) is 0 Å². The molecule has 0 atom stereocenters. The van der Waals surface area contributed by atoms with Crippen molar-refractivity contribution in [2.24, 2.45) is 0 Å². The van der Waals surface area contributed by atoms with E-state index in [2.05, 4.69) is 7.05 Å². The molecule has 9 heteroatoms. The van der Waals surface area contributed by atoms with Gasteiger partial charge in [0.25, 0.3) is 0 Å². The molecule has 0 radical (unpaired) electrons. The Balaban J connectivity index is 0.000000205. The quantitative estimate of drug-likeness (QED) is 0.0806. The molecule has 0 aromatic heterocycles. The summed E-state index contributed by atoms with van der Waals surface area (Å²) in [4.78, 5) is 31.7. The second-order valence-electron chi connectivity index (χ2n) is 14.4. The van der Waals surface area contributed by atoms with Crippen LogP contribution in [0.3, 0.4) is 0 Å². The average molecular weight is 802 g/mol. The minimum absolute atomic E-state index is 0.132. The van der Waals surface area contributed by atoms with Crippen LogP contribution in [0, 0.1) is 0 Å². The van der Waals surface area contributed by atoms with Crippen LogP contribution in [0.1, 0.15) is 6.42 Å². The molecule has 6 rings (SSSR count). The van der Waals surface area contributed by atoms with Gasteiger partial charge < -0.3 is 29.7 Å². The van der Waals surface area contributed by atoms with Gasteiger partial charge in [-0.05, 0) is 66.8 Å². The molecule has 60 heavy (non-hydrogen) atoms. The Morgan fingerprint density at radius 2 is 0.717 bits per heavy atom. The summed E-state index contributed by atoms with van der Waals surface area (Å²) in [6.45, 7) is 1.17. The van der Waals surface area contributed by atoms with Gasteiger partial charge in [-0.3, -0.25) is 8.97 Å². The largest absolute Gasteiger partial charge is 0.550 e. The molecule has 0 unspecified atom stereocenters. The highest BCUT2D eigenvalue weighted by Crippen LogP contribution is 2.44. The zero-order valence-corrected chi connectivity index (χ0v) is 34.2. The molecule has 0 N–H and O–H groups in total. The summed E-state index contributed by atoms with van der Waals surface area (Å²) < 4.78 is 1.42. The first kappa shape index (κ1) is 45.5. The first-order valence-corrected chi connectivity index (χ1v) is 19.4. The molecule has 0 saturated carbocycles. The van der Waals surface area contributed by atoms with Gasteiger partial charge in [-0.15, -0.1) is 0 Å². The smallest absolute Gasteiger partial charge is 0.147 e. The van der Waals surface area contributed by atoms with Gasteiger partial charge in [-0.25, -0.2) is 4.48 Å². The molecule has 9 nitrogen and oxygen atoms in total. The number of hydrogen-bond donors (Lipinski definition) is 0. The Bertz CT molecular complexity index is 2160. The normalized spacial score (nSPS) is 11.7. The summed E-state index contributed by atoms with van der Waals surface area (Å²) in [6.07, 6.45) is 8.84. The lowest BCUT2D eigenvalue weighted by Gasteiger charge is -2.33. The third kappa shape index (κ3) is 13.2. The third-order valence-corrected chi connectivity index (χ3v) is 9.75. The molecule has 0 bridgehead atoms. The predicted octanol–water partition coefficient (Wildman–Crippen LogP) is 7.13. The van der Waals surface area contributed by atoms with Crippen LogP contribution >= 0.6 is 0 Å². The fourth-order valence-corrected chi connectivity index (χ4v) is 6.58. The number of nitrogens with zero attached hydrogens (tertiary/aromatic N) is 3. The molecular weight excluding hydrogens is 751 g/mol. The van der Waals surface area contributed by atoms with Crippen molar-refractivity contribution >= 4 is 52.0 Å². The molecule has 306 valence electrons. The van der Waals surface area contributed by atoms with Gasteiger partial charge in [0.2, 0.25) is 0 Å². The Hall–Kier alpha value is -7.17. The summed E-state index contributed by atoms with van der Waals surface area (Å²) in [6, 6.07) is 60.1. The van der Waals surface area contributed by atoms with E-state index < -0.39 is 17.9 Å². The van der Waals surface area contributed by atoms with Crippen LogP contribution in [-0.2, 0) is 14.4 Å². The molecule has 0 aliphatic carbocycles. The van der Waals surface area contributed by atoms with E-state index in [0.29, 0.717) is 26.5 Å². The number of para-hydroxylation sites is 6. The van der Waals surface area contributed by atoms with Crippen molar-refractivity contribution in [2.45, 2.75) is 6.42 Å². The summed E-state index contributed by atoms with van der Waals surface area (Å²) in [5.41, 5.74) is 6.40. The van der Waals surface area contributed by atoms with Crippen molar-refractivity contribution in [3.8, 4) is 0 Å². The predicted molar refractivity (Wildman–Crippen MR) is 238 cm³/mol. The van der Waals surface area contributed by atoms with Crippen LogP contribution in [0.25, 0.3) is 0 Å². The molecular formula is C51H51N3O6. The SMILES string of the molecule is C[N+](C)(CC=CC(=O)[O-])c1ccccc1.C[N+](CC=CC(=O)[O-])(c1ccccc1)c1ccccc1.O=C([O-])CC=C[N+](c1ccccc1)(c1ccccc1)c1ccccc1. The molecule has 0 saturated heterocycles. The van der Waals surface area contributed by atoms with Gasteiger partial charge in [0.05, 0.1) is 33.1 Å². The average Bonchev–Trinajstić information content (AvgIpc) is 3.27. The van der Waals surface area contributed by atoms with E-state index >= 15 is 0 Å². The number of hydrogen-bond acceptors (Lipinski definition) is 6. The van der Waals surface area contributed by atoms with E-state index in [1.165, 1.54) is 0 Å². The van der Waals surface area contributed by atoms with Crippen molar-refractivity contribution in [1.82, 2.24) is 13.4 Å². The van der Waals surface area contributed by atoms with E-state index in [-0.39, 0.29) is 6.42 Å². The number of carboxylic acid groups (broad SMARTS) is 3. The molecule has 0 fully saturated rings. The Labute approximate surface area is 353 Å². The second kappa shape index (κ2) is 22.7. The van der Waals surface area contributed by atoms with E-state index in [9.17, 15) is 29.7 Å². The number of carbonyl (C=O) groups excluding carboxylic acids is 3. The fourth-order valence-electron chi connectivity index (χ4n) is 6.58. The first-order valence-electron chi connectivity index (χ1n) is 19.4. The van der Waals surface area contributed by atoms with Crippen LogP contribution < -0.4 is 28.8 Å². The molecule has 6 aromatic rings. The monoisotopic (exact) mass is 801 g/mol. The van der Waals surface area contributed by atoms with Crippen molar-refractivity contribution < 1.29 is 29.7 Å². The van der Waals surface area contributed by atoms with Gasteiger partial charge in [0.1, 0.15) is 53.4 Å². The number of likely N-dealkylation sites (N-methyl/N-ethyl adjacent to an activating group) is 2. The summed E-state index contributed by atoms with van der Waals surface area (Å²) in [5.74, 6) is -3.41. The molecule has 0 spiro atoms. The first-order chi connectivity index (χ1) is 28.9. The van der Waals surface area contributed by atoms with Crippen LogP contribution in [0.5, 0.6) is 0 Å². The van der Waals surface area contributed by atoms with E-state index in [1.807, 2.05) is 202 Å². The number of benzene rings is 6. The maximum atomic E-state index is 10.9. The fraction of sp³-hybridized carbons (Fsp3) is 0.118. The zero-order chi connectivity index (χ0) is 43.3. The van der Waals surface area contributed by atoms with Gasteiger partial charge in [-0.1, -0.05) is 109 Å². The molecule has 0 heterocycles. The lowest BCUT2D eigenvalue weighted by molar-refractivity contribution is -0.304. The number of rotatable bonds is 15. The maximum absolute atomic E-state index is 10.9. The highest BCUT2D eigenvalue weighted by molar-refractivity contribution is 5.78. The van der Waals surface area contributed by atoms with Gasteiger partial charge in [0, 0.05) is 48.8 Å². The van der Waals surface area contributed by atoms with E-state index in [0.717, 1.165) is 46.3 Å². The lowest BCUT2D eigenvalue weighted by atomic mass is 10.1. The molecule has 0 amide bonds. The third-order valence-electron chi connectivity index (χ3n) is 9.75. The minimum Gasteiger partial charge on any atom is -0.550 e. The van der Waals surface area contributed by atoms with Crippen LogP contribution in [-0.4, -0.2) is 52.1 Å². The number of carbonyl (C=O) groups is 3. The van der Waals surface area contributed by atoms with Crippen LogP contribution in [0.15, 0.2) is 219 Å². The highest BCUT2D eigenvalue weighted by atomic mass is 16.4. The molecule has 6 aromatic carbocycles. The maximum Gasteiger partial charge on any atom is 0.147 e. The van der Waals surface area contributed by atoms with Gasteiger partial charge in [-0.2, -0.15) is 0 Å². The topological polar surface area (TPSA) is 120 Å². The molecule has 0 aliphatic rings. The van der Waals surface area contributed by atoms with Crippen molar-refractivity contribution in [2.75, 3.05) is 34.2 Å². The summed E-state index contributed by atoms with van der Waals surface area (Å²) in [7, 11) is 6.11. The molecule has 0 aliphatic heterocycles. The Morgan fingerprint density at radius 1 is 0.417 bits per heavy atom. The number of quaternary nitrogens is 3. The summed E-state index contributed by atoms with van der Waals surface area (Å²) in [5, 5.41) is 31.7. The summed E-state index contributed by atoms with van der Waals surface area (Å²) >= 11 is 0. The van der Waals surface area contributed by atoms with Crippen molar-refractivity contribution in [1.29, 1.82) is 0 Å². The standard InChI is InChI=1S/C22H19NO2.C17H17NO2.C12H15NO2/c24-22(25)17-10-18-23(19-11-4-1-5-12-19,20-13-6-2-7-14-20)21-15-8-3-9-16-21;1-18(14-8-13-17(19)20,15-9-4-2-5-10-15)16-11-6-3-7-12-16;1-13(2,10-6-9-12(14)15)11-7-4-3-5-8-11/h1-16,18H,17H2;2-13H,14H2,1H3;3-9H,10H2,1-2H3. The minimum atomic E-state index is -1.17.